The first-order valence-corrected chi connectivity index (χ1v) is 51.0. The summed E-state index contributed by atoms with van der Waals surface area (Å²) in [5.41, 5.74) is 15.3. The van der Waals surface area contributed by atoms with Gasteiger partial charge in [-0.15, -0.1) is 0 Å². The van der Waals surface area contributed by atoms with Crippen LogP contribution < -0.4 is 10.6 Å². The Morgan fingerprint density at radius 3 is 0.700 bits per heavy atom. The number of carbonyl (C=O) groups excluding carboxylic acids is 9. The normalized spacial score (nSPS) is 11.5. The molecule has 0 saturated carbocycles. The monoisotopic (exact) mass is 1850 g/mol. The van der Waals surface area contributed by atoms with E-state index < -0.39 is 10.8 Å². The fourth-order valence-electron chi connectivity index (χ4n) is 13.0. The first-order chi connectivity index (χ1) is 62.8. The quantitative estimate of drug-likeness (QED) is 0.0247. The highest BCUT2D eigenvalue weighted by Gasteiger charge is 2.23. The van der Waals surface area contributed by atoms with Gasteiger partial charge < -0.3 is 67.5 Å². The fraction of sp³-hybridized carbons (Fsp3) is 0.911. The number of carbonyl (C=O) groups is 9. The lowest BCUT2D eigenvalue weighted by molar-refractivity contribution is -0.132. The van der Waals surface area contributed by atoms with Gasteiger partial charge in [-0.2, -0.15) is 0 Å². The Balaban J connectivity index is -0.00000192. The van der Waals surface area contributed by atoms with Crippen LogP contribution in [-0.2, 0) is 100.0 Å². The number of hydrogen-bond acceptors (Lipinski definition) is 23. The van der Waals surface area contributed by atoms with E-state index in [-0.39, 0.29) is 92.4 Å². The molecule has 130 heavy (non-hydrogen) atoms. The van der Waals surface area contributed by atoms with E-state index in [1.54, 1.807) is 0 Å². The van der Waals surface area contributed by atoms with Crippen molar-refractivity contribution in [2.45, 2.75) is 397 Å². The smallest absolute Gasteiger partial charge is 0.246 e. The van der Waals surface area contributed by atoms with Crippen LogP contribution in [0.1, 0.15) is 397 Å². The first-order valence-electron chi connectivity index (χ1n) is 51.0. The molecule has 0 spiro atoms. The van der Waals surface area contributed by atoms with Gasteiger partial charge in [0.1, 0.15) is 51.2 Å². The molecule has 2 N–H and O–H groups in total. The second-order valence-electron chi connectivity index (χ2n) is 37.2. The molecule has 0 fully saturated rings. The number of Topliss-reactive ketones (excluding diaryl/α,β-unsaturated/α-hetero) is 7. The lowest BCUT2D eigenvalue weighted by Gasteiger charge is -2.16. The summed E-state index contributed by atoms with van der Waals surface area (Å²) in [6.07, 6.45) is 56.7. The molecule has 0 bridgehead atoms. The Bertz CT molecular complexity index is 2750. The standard InChI is InChI=1S/C40H74N4O10.C33H62N4O7.C28H54O4/c1-40(2,3)38(47)34-53-31-27-50-25-18-21-37(46)33-52-30-29-51-26-23-42-39(48)35-54-32-28-49-24-17-20-36(45)19-15-13-11-9-7-5-4-6-8-10-12-14-16-22-43-44-41;1-33(2,3)31(39)29-44-27-24-41-22-17-18-30(38)28-43-26-25-42-23-21-35-32(40)19-15-13-11-9-7-5-4-6-8-10-12-14-16-20-36-37-34;1-5-6-7-8-9-10-11-12-13-14-15-16-17-18-20-26(29)21-19-22-31-23-24-32-25-27(30)28(2,3)4/h4-35H2,1-3H3,(H,42,48);4-29H2,1-3H3,(H,35,40);5-25H2,1-4H3. The largest absolute Gasteiger partial charge is 0.379 e. The van der Waals surface area contributed by atoms with Crippen LogP contribution in [0.4, 0.5) is 0 Å². The topological polar surface area (TPSA) is 386 Å². The SMILES string of the molecule is CC(C)(C)C(=O)COCCOCCCC(=O)COCCOCCNC(=O)CCCCCCCCCCCCCCCN=[N+]=[N-].CC(C)(C)C(=O)COCCOCCCC(=O)COCCOCCNC(=O)COCCOCCCC(=O)CCCCCCCCCCCCCCCN=[N+]=[N-].CCCCCCCCCCCCCCCCC(=O)CCCOCCOCC(=O)C(C)(C)C. The molecule has 2 amide bonds. The van der Waals surface area contributed by atoms with Gasteiger partial charge >= 0.3 is 0 Å². The van der Waals surface area contributed by atoms with Crippen molar-refractivity contribution < 1.29 is 100.0 Å². The number of ether oxygens (including phenoxy) is 12. The molecule has 0 atom stereocenters. The molecule has 0 saturated heterocycles. The van der Waals surface area contributed by atoms with E-state index in [0.29, 0.717) is 208 Å². The minimum absolute atomic E-state index is 0.0106. The fourth-order valence-corrected chi connectivity index (χ4v) is 13.0. The maximum atomic E-state index is 12.1. The lowest BCUT2D eigenvalue weighted by atomic mass is 9.91. The van der Waals surface area contributed by atoms with Gasteiger partial charge in [-0.1, -0.05) is 304 Å². The maximum Gasteiger partial charge on any atom is 0.246 e. The summed E-state index contributed by atoms with van der Waals surface area (Å²) in [5, 5.41) is 12.7. The zero-order valence-electron chi connectivity index (χ0n) is 84.1. The van der Waals surface area contributed by atoms with Crippen LogP contribution in [0.3, 0.4) is 0 Å². The van der Waals surface area contributed by atoms with E-state index in [9.17, 15) is 43.2 Å². The van der Waals surface area contributed by atoms with Gasteiger partial charge in [-0.05, 0) is 68.8 Å². The minimum atomic E-state index is -0.409. The van der Waals surface area contributed by atoms with Gasteiger partial charge in [0.25, 0.3) is 0 Å². The van der Waals surface area contributed by atoms with Crippen LogP contribution in [0.2, 0.25) is 0 Å². The summed E-state index contributed by atoms with van der Waals surface area (Å²) in [7, 11) is 0. The van der Waals surface area contributed by atoms with Crippen LogP contribution in [0.15, 0.2) is 10.2 Å². The van der Waals surface area contributed by atoms with Crippen LogP contribution in [0.5, 0.6) is 0 Å². The molecule has 0 aromatic heterocycles. The van der Waals surface area contributed by atoms with Crippen molar-refractivity contribution in [3.63, 3.8) is 0 Å². The van der Waals surface area contributed by atoms with Crippen LogP contribution in [0.25, 0.3) is 20.9 Å². The van der Waals surface area contributed by atoms with Gasteiger partial charge in [-0.3, -0.25) is 43.2 Å². The van der Waals surface area contributed by atoms with Crippen molar-refractivity contribution in [1.29, 1.82) is 0 Å². The lowest BCUT2D eigenvalue weighted by Crippen LogP contribution is -2.31. The Kier molecular flexibility index (Phi) is 98.9. The van der Waals surface area contributed by atoms with Crippen LogP contribution >= 0.6 is 0 Å². The second-order valence-corrected chi connectivity index (χ2v) is 37.2. The second kappa shape index (κ2) is 99.7. The summed E-state index contributed by atoms with van der Waals surface area (Å²) in [5.74, 6) is 0.716. The highest BCUT2D eigenvalue weighted by molar-refractivity contribution is 5.86. The number of unbranched alkanes of at least 4 members (excludes halogenated alkanes) is 37. The molecule has 0 radical (unpaired) electrons. The average molecular weight is 1850 g/mol. The van der Waals surface area contributed by atoms with Gasteiger partial charge in [0.2, 0.25) is 11.8 Å². The Hall–Kier alpha value is -5.23. The van der Waals surface area contributed by atoms with Crippen molar-refractivity contribution in [3.05, 3.63) is 20.9 Å². The predicted molar refractivity (Wildman–Crippen MR) is 518 cm³/mol. The van der Waals surface area contributed by atoms with Gasteiger partial charge in [0.15, 0.2) is 28.9 Å². The molecule has 0 rings (SSSR count). The zero-order chi connectivity index (χ0) is 96.3. The van der Waals surface area contributed by atoms with Crippen molar-refractivity contribution in [1.82, 2.24) is 10.6 Å². The Morgan fingerprint density at radius 1 is 0.223 bits per heavy atom. The van der Waals surface area contributed by atoms with Crippen molar-refractivity contribution in [2.24, 2.45) is 26.5 Å². The summed E-state index contributed by atoms with van der Waals surface area (Å²) in [6.45, 7) is 28.6. The third-order valence-electron chi connectivity index (χ3n) is 21.6. The van der Waals surface area contributed by atoms with E-state index >= 15 is 0 Å². The van der Waals surface area contributed by atoms with E-state index in [1.807, 2.05) is 62.3 Å². The van der Waals surface area contributed by atoms with E-state index in [4.69, 9.17) is 67.9 Å². The molecule has 0 aromatic rings. The van der Waals surface area contributed by atoms with Crippen molar-refractivity contribution in [2.75, 3.05) is 185 Å². The molecule has 29 heteroatoms. The van der Waals surface area contributed by atoms with Gasteiger partial charge in [-0.25, -0.2) is 0 Å². The average Bonchev–Trinajstić information content (AvgIpc) is 0.930. The summed E-state index contributed by atoms with van der Waals surface area (Å²) in [6, 6.07) is 0. The van der Waals surface area contributed by atoms with Gasteiger partial charge in [0.05, 0.1) is 92.5 Å². The number of nitrogens with zero attached hydrogens (tertiary/aromatic N) is 6. The zero-order valence-corrected chi connectivity index (χ0v) is 84.1. The Morgan fingerprint density at radius 2 is 0.431 bits per heavy atom. The molecule has 0 aliphatic rings. The number of nitrogens with one attached hydrogen (secondary N) is 2. The van der Waals surface area contributed by atoms with E-state index in [1.165, 1.54) is 199 Å². The Labute approximate surface area is 787 Å². The summed E-state index contributed by atoms with van der Waals surface area (Å²) in [4.78, 5) is 112. The first kappa shape index (κ1) is 129. The molecule has 29 nitrogen and oxygen atoms in total. The number of ketones is 7. The minimum Gasteiger partial charge on any atom is -0.379 e. The van der Waals surface area contributed by atoms with Gasteiger partial charge in [0, 0.05) is 124 Å². The molecular formula is C101H190N8O21. The van der Waals surface area contributed by atoms with Crippen LogP contribution in [0, 0.1) is 16.2 Å². The third kappa shape index (κ3) is 106. The predicted octanol–water partition coefficient (Wildman–Crippen LogP) is 22.0. The molecule has 0 aliphatic heterocycles. The molecule has 0 aromatic carbocycles. The third-order valence-corrected chi connectivity index (χ3v) is 21.6. The highest BCUT2D eigenvalue weighted by Crippen LogP contribution is 2.20. The number of azide groups is 2. The summed E-state index contributed by atoms with van der Waals surface area (Å²) < 4.78 is 64.8. The number of rotatable bonds is 99. The highest BCUT2D eigenvalue weighted by atomic mass is 16.5. The van der Waals surface area contributed by atoms with Crippen molar-refractivity contribution >= 4 is 52.3 Å². The van der Waals surface area contributed by atoms with E-state index in [0.717, 1.165) is 70.6 Å². The number of hydrogen-bond donors (Lipinski definition) is 2. The van der Waals surface area contributed by atoms with E-state index in [2.05, 4.69) is 37.6 Å². The van der Waals surface area contributed by atoms with Crippen LogP contribution in [-0.4, -0.2) is 237 Å². The molecule has 0 unspecified atom stereocenters. The molecule has 0 aliphatic carbocycles. The maximum absolute atomic E-state index is 12.1. The molecular weight excluding hydrogens is 1660 g/mol. The molecule has 760 valence electrons. The summed E-state index contributed by atoms with van der Waals surface area (Å²) >= 11 is 0. The molecule has 0 heterocycles. The van der Waals surface area contributed by atoms with Crippen molar-refractivity contribution in [3.8, 4) is 0 Å². The number of amides is 2.